The Hall–Kier alpha value is -1.58. The zero-order chi connectivity index (χ0) is 13.8. The number of rotatable bonds is 3. The van der Waals surface area contributed by atoms with Crippen LogP contribution in [0.3, 0.4) is 0 Å². The summed E-state index contributed by atoms with van der Waals surface area (Å²) in [5.74, 6) is 0.336. The average Bonchev–Trinajstić information content (AvgIpc) is 2.56. The quantitative estimate of drug-likeness (QED) is 0.795. The Morgan fingerprint density at radius 2 is 1.60 bits per heavy atom. The SMILES string of the molecule is CCc1ccc(B2OCC(c3ccccc3)CO2)cc1. The van der Waals surface area contributed by atoms with Gasteiger partial charge in [-0.2, -0.15) is 0 Å². The fourth-order valence-corrected chi connectivity index (χ4v) is 2.52. The first-order chi connectivity index (χ1) is 9.86. The lowest BCUT2D eigenvalue weighted by atomic mass is 9.76. The summed E-state index contributed by atoms with van der Waals surface area (Å²) < 4.78 is 11.8. The van der Waals surface area contributed by atoms with Crippen LogP contribution in [0.15, 0.2) is 54.6 Å². The fraction of sp³-hybridized carbons (Fsp3) is 0.294. The van der Waals surface area contributed by atoms with Crippen molar-refractivity contribution in [1.29, 1.82) is 0 Å². The molecule has 102 valence electrons. The van der Waals surface area contributed by atoms with Crippen LogP contribution in [-0.2, 0) is 15.7 Å². The van der Waals surface area contributed by atoms with Gasteiger partial charge in [0.1, 0.15) is 0 Å². The summed E-state index contributed by atoms with van der Waals surface area (Å²) in [6, 6.07) is 18.9. The third-order valence-electron chi connectivity index (χ3n) is 3.83. The second kappa shape index (κ2) is 6.25. The molecule has 2 aromatic rings. The maximum atomic E-state index is 5.88. The van der Waals surface area contributed by atoms with E-state index in [4.69, 9.17) is 9.31 Å². The van der Waals surface area contributed by atoms with Crippen LogP contribution in [0.1, 0.15) is 24.0 Å². The van der Waals surface area contributed by atoms with E-state index in [1.165, 1.54) is 11.1 Å². The summed E-state index contributed by atoms with van der Waals surface area (Å²) in [7, 11) is -0.221. The lowest BCUT2D eigenvalue weighted by Crippen LogP contribution is -2.43. The van der Waals surface area contributed by atoms with Gasteiger partial charge in [-0.3, -0.25) is 0 Å². The van der Waals surface area contributed by atoms with E-state index in [9.17, 15) is 0 Å². The minimum absolute atomic E-state index is 0.221. The molecule has 1 heterocycles. The summed E-state index contributed by atoms with van der Waals surface area (Å²) >= 11 is 0. The van der Waals surface area contributed by atoms with Crippen molar-refractivity contribution in [2.75, 3.05) is 13.2 Å². The zero-order valence-electron chi connectivity index (χ0n) is 11.8. The van der Waals surface area contributed by atoms with Gasteiger partial charge < -0.3 is 9.31 Å². The van der Waals surface area contributed by atoms with Crippen molar-refractivity contribution in [2.45, 2.75) is 19.3 Å². The highest BCUT2D eigenvalue weighted by Gasteiger charge is 2.29. The predicted octanol–water partition coefficient (Wildman–Crippen LogP) is 2.77. The summed E-state index contributed by atoms with van der Waals surface area (Å²) in [4.78, 5) is 0. The van der Waals surface area contributed by atoms with E-state index in [0.717, 1.165) is 11.9 Å². The molecule has 0 aliphatic carbocycles. The second-order valence-electron chi connectivity index (χ2n) is 5.20. The van der Waals surface area contributed by atoms with E-state index in [0.29, 0.717) is 19.1 Å². The van der Waals surface area contributed by atoms with Gasteiger partial charge in [-0.15, -0.1) is 0 Å². The van der Waals surface area contributed by atoms with Crippen LogP contribution in [0, 0.1) is 0 Å². The molecule has 2 aromatic carbocycles. The largest absolute Gasteiger partial charge is 0.493 e. The molecule has 0 N–H and O–H groups in total. The van der Waals surface area contributed by atoms with Gasteiger partial charge in [0.05, 0.1) is 0 Å². The fourth-order valence-electron chi connectivity index (χ4n) is 2.52. The molecule has 0 bridgehead atoms. The van der Waals surface area contributed by atoms with Crippen LogP contribution in [0.4, 0.5) is 0 Å². The average molecular weight is 266 g/mol. The van der Waals surface area contributed by atoms with Crippen molar-refractivity contribution < 1.29 is 9.31 Å². The summed E-state index contributed by atoms with van der Waals surface area (Å²) in [5, 5.41) is 0. The Balaban J connectivity index is 1.63. The van der Waals surface area contributed by atoms with E-state index in [2.05, 4.69) is 55.5 Å². The molecule has 2 nitrogen and oxygen atoms in total. The zero-order valence-corrected chi connectivity index (χ0v) is 11.8. The molecule has 0 aromatic heterocycles. The van der Waals surface area contributed by atoms with Gasteiger partial charge in [-0.1, -0.05) is 61.5 Å². The molecule has 0 atom stereocenters. The summed E-state index contributed by atoms with van der Waals surface area (Å²) in [6.45, 7) is 3.58. The van der Waals surface area contributed by atoms with Crippen molar-refractivity contribution in [2.24, 2.45) is 0 Å². The predicted molar refractivity (Wildman–Crippen MR) is 82.3 cm³/mol. The van der Waals surface area contributed by atoms with E-state index >= 15 is 0 Å². The molecular formula is C17H19BO2. The second-order valence-corrected chi connectivity index (χ2v) is 5.20. The van der Waals surface area contributed by atoms with Crippen LogP contribution < -0.4 is 5.46 Å². The Bertz CT molecular complexity index is 531. The molecule has 0 spiro atoms. The molecule has 0 amide bonds. The van der Waals surface area contributed by atoms with Crippen LogP contribution in [0.5, 0.6) is 0 Å². The third-order valence-corrected chi connectivity index (χ3v) is 3.83. The Morgan fingerprint density at radius 1 is 0.950 bits per heavy atom. The van der Waals surface area contributed by atoms with Gasteiger partial charge in [0.25, 0.3) is 0 Å². The first-order valence-electron chi connectivity index (χ1n) is 7.24. The molecule has 3 heteroatoms. The molecule has 1 aliphatic heterocycles. The van der Waals surface area contributed by atoms with Crippen LogP contribution in [0.25, 0.3) is 0 Å². The van der Waals surface area contributed by atoms with Crippen molar-refractivity contribution in [3.63, 3.8) is 0 Å². The first-order valence-corrected chi connectivity index (χ1v) is 7.24. The molecule has 0 unspecified atom stereocenters. The molecule has 3 rings (SSSR count). The summed E-state index contributed by atoms with van der Waals surface area (Å²) in [6.07, 6.45) is 1.06. The molecule has 1 fully saturated rings. The van der Waals surface area contributed by atoms with E-state index < -0.39 is 0 Å². The number of aryl methyl sites for hydroxylation is 1. The third kappa shape index (κ3) is 2.95. The molecule has 20 heavy (non-hydrogen) atoms. The van der Waals surface area contributed by atoms with Crippen LogP contribution in [-0.4, -0.2) is 20.3 Å². The Labute approximate surface area is 120 Å². The molecular weight excluding hydrogens is 247 g/mol. The van der Waals surface area contributed by atoms with Crippen molar-refractivity contribution in [3.05, 3.63) is 65.7 Å². The highest BCUT2D eigenvalue weighted by atomic mass is 16.6. The molecule has 1 aliphatic rings. The van der Waals surface area contributed by atoms with Crippen LogP contribution in [0.2, 0.25) is 0 Å². The highest BCUT2D eigenvalue weighted by Crippen LogP contribution is 2.20. The van der Waals surface area contributed by atoms with Crippen molar-refractivity contribution in [3.8, 4) is 0 Å². The minimum Gasteiger partial charge on any atom is -0.407 e. The number of benzene rings is 2. The maximum Gasteiger partial charge on any atom is 0.493 e. The van der Waals surface area contributed by atoms with Crippen molar-refractivity contribution in [1.82, 2.24) is 0 Å². The smallest absolute Gasteiger partial charge is 0.407 e. The molecule has 0 radical (unpaired) electrons. The number of hydrogen-bond donors (Lipinski definition) is 0. The normalized spacial score (nSPS) is 16.4. The lowest BCUT2D eigenvalue weighted by Gasteiger charge is -2.27. The topological polar surface area (TPSA) is 18.5 Å². The molecule has 0 saturated carbocycles. The van der Waals surface area contributed by atoms with Gasteiger partial charge in [0, 0.05) is 19.1 Å². The minimum atomic E-state index is -0.221. The van der Waals surface area contributed by atoms with Gasteiger partial charge in [-0.05, 0) is 23.0 Å². The molecule has 1 saturated heterocycles. The van der Waals surface area contributed by atoms with Crippen molar-refractivity contribution >= 4 is 12.6 Å². The van der Waals surface area contributed by atoms with Gasteiger partial charge in [0.15, 0.2) is 0 Å². The van der Waals surface area contributed by atoms with Gasteiger partial charge in [-0.25, -0.2) is 0 Å². The van der Waals surface area contributed by atoms with E-state index in [-0.39, 0.29) is 7.12 Å². The monoisotopic (exact) mass is 266 g/mol. The standard InChI is InChI=1S/C17H19BO2/c1-2-14-8-10-17(11-9-14)18-19-12-16(13-20-18)15-6-4-3-5-7-15/h3-11,16H,2,12-13H2,1H3. The first kappa shape index (κ1) is 13.4. The van der Waals surface area contributed by atoms with E-state index in [1.54, 1.807) is 0 Å². The Kier molecular flexibility index (Phi) is 4.19. The highest BCUT2D eigenvalue weighted by molar-refractivity contribution is 6.61. The maximum absolute atomic E-state index is 5.88. The van der Waals surface area contributed by atoms with Gasteiger partial charge >= 0.3 is 7.12 Å². The van der Waals surface area contributed by atoms with E-state index in [1.807, 2.05) is 6.07 Å². The number of hydrogen-bond acceptors (Lipinski definition) is 2. The van der Waals surface area contributed by atoms with Gasteiger partial charge in [0.2, 0.25) is 0 Å². The lowest BCUT2D eigenvalue weighted by molar-refractivity contribution is 0.121. The van der Waals surface area contributed by atoms with Crippen LogP contribution >= 0.6 is 0 Å². The Morgan fingerprint density at radius 3 is 2.20 bits per heavy atom. The summed E-state index contributed by atoms with van der Waals surface area (Å²) in [5.41, 5.74) is 3.73.